The molecule has 0 saturated carbocycles. The van der Waals surface area contributed by atoms with E-state index in [1.165, 1.54) is 0 Å². The Morgan fingerprint density at radius 2 is 1.81 bits per heavy atom. The number of methoxy groups -OCH3 is 1. The smallest absolute Gasteiger partial charge is 0.120 e. The van der Waals surface area contributed by atoms with Crippen molar-refractivity contribution < 1.29 is 4.74 Å². The minimum Gasteiger partial charge on any atom is -0.497 e. The van der Waals surface area contributed by atoms with Crippen LogP contribution in [0.25, 0.3) is 0 Å². The number of rotatable bonds is 5. The molecule has 0 aliphatic rings. The Bertz CT molecular complexity index is 613. The molecular formula is C16H16BrCl2NO. The molecule has 112 valence electrons. The third kappa shape index (κ3) is 4.13. The molecule has 21 heavy (non-hydrogen) atoms. The van der Waals surface area contributed by atoms with Crippen molar-refractivity contribution in [2.45, 2.75) is 13.0 Å². The van der Waals surface area contributed by atoms with Gasteiger partial charge in [-0.15, -0.1) is 0 Å². The second-order valence-electron chi connectivity index (χ2n) is 4.58. The lowest BCUT2D eigenvalue weighted by molar-refractivity contribution is 0.414. The summed E-state index contributed by atoms with van der Waals surface area (Å²) in [7, 11) is 1.65. The molecule has 0 heterocycles. The number of ether oxygens (including phenoxy) is 1. The number of nitrogens with one attached hydrogen (secondary N) is 1. The quantitative estimate of drug-likeness (QED) is 0.733. The summed E-state index contributed by atoms with van der Waals surface area (Å²) >= 11 is 15.9. The van der Waals surface area contributed by atoms with Crippen LogP contribution < -0.4 is 10.1 Å². The molecule has 0 aliphatic heterocycles. The fraction of sp³-hybridized carbons (Fsp3) is 0.250. The number of hydrogen-bond acceptors (Lipinski definition) is 2. The van der Waals surface area contributed by atoms with Crippen molar-refractivity contribution in [2.24, 2.45) is 0 Å². The van der Waals surface area contributed by atoms with Crippen molar-refractivity contribution in [1.29, 1.82) is 0 Å². The average molecular weight is 389 g/mol. The Labute approximate surface area is 143 Å². The number of benzene rings is 2. The first-order valence-electron chi connectivity index (χ1n) is 6.58. The van der Waals surface area contributed by atoms with Gasteiger partial charge in [-0.1, -0.05) is 52.1 Å². The molecule has 1 atom stereocenters. The van der Waals surface area contributed by atoms with Crippen LogP contribution >= 0.6 is 39.1 Å². The Hall–Kier alpha value is -0.740. The molecule has 0 saturated heterocycles. The van der Waals surface area contributed by atoms with Gasteiger partial charge in [0, 0.05) is 14.5 Å². The van der Waals surface area contributed by atoms with Crippen LogP contribution in [-0.4, -0.2) is 13.7 Å². The van der Waals surface area contributed by atoms with Crippen LogP contribution in [0.4, 0.5) is 0 Å². The van der Waals surface area contributed by atoms with Crippen LogP contribution in [-0.2, 0) is 0 Å². The van der Waals surface area contributed by atoms with Crippen molar-refractivity contribution in [2.75, 3.05) is 13.7 Å². The van der Waals surface area contributed by atoms with E-state index < -0.39 is 0 Å². The van der Waals surface area contributed by atoms with Gasteiger partial charge in [0.2, 0.25) is 0 Å². The fourth-order valence-electron chi connectivity index (χ4n) is 2.22. The molecular weight excluding hydrogens is 373 g/mol. The monoisotopic (exact) mass is 387 g/mol. The predicted octanol–water partition coefficient (Wildman–Crippen LogP) is 5.46. The maximum absolute atomic E-state index is 6.13. The average Bonchev–Trinajstić information content (AvgIpc) is 2.44. The van der Waals surface area contributed by atoms with Gasteiger partial charge in [0.15, 0.2) is 0 Å². The highest BCUT2D eigenvalue weighted by Crippen LogP contribution is 2.33. The molecule has 0 aliphatic carbocycles. The van der Waals surface area contributed by atoms with Crippen molar-refractivity contribution in [3.63, 3.8) is 0 Å². The molecule has 2 aromatic carbocycles. The maximum atomic E-state index is 6.13. The Balaban J connectivity index is 2.47. The lowest BCUT2D eigenvalue weighted by atomic mass is 9.98. The van der Waals surface area contributed by atoms with E-state index in [9.17, 15) is 0 Å². The van der Waals surface area contributed by atoms with Crippen LogP contribution in [0, 0.1) is 0 Å². The normalized spacial score (nSPS) is 12.2. The van der Waals surface area contributed by atoms with Gasteiger partial charge >= 0.3 is 0 Å². The lowest BCUT2D eigenvalue weighted by Crippen LogP contribution is -2.22. The molecule has 0 fully saturated rings. The van der Waals surface area contributed by atoms with E-state index in [4.69, 9.17) is 27.9 Å². The lowest BCUT2D eigenvalue weighted by Gasteiger charge is -2.21. The van der Waals surface area contributed by atoms with Gasteiger partial charge in [-0.3, -0.25) is 0 Å². The zero-order valence-corrected chi connectivity index (χ0v) is 14.9. The zero-order chi connectivity index (χ0) is 15.4. The zero-order valence-electron chi connectivity index (χ0n) is 11.8. The Morgan fingerprint density at radius 3 is 2.33 bits per heavy atom. The molecule has 1 unspecified atom stereocenters. The van der Waals surface area contributed by atoms with Crippen molar-refractivity contribution >= 4 is 39.1 Å². The van der Waals surface area contributed by atoms with Gasteiger partial charge in [-0.05, 0) is 48.0 Å². The summed E-state index contributed by atoms with van der Waals surface area (Å²) in [6.45, 7) is 2.89. The highest BCUT2D eigenvalue weighted by atomic mass is 79.9. The molecule has 2 rings (SSSR count). The molecule has 2 nitrogen and oxygen atoms in total. The molecule has 0 bridgehead atoms. The summed E-state index contributed by atoms with van der Waals surface area (Å²) in [4.78, 5) is 0. The molecule has 0 radical (unpaired) electrons. The van der Waals surface area contributed by atoms with Crippen LogP contribution in [0.15, 0.2) is 40.9 Å². The summed E-state index contributed by atoms with van der Waals surface area (Å²) in [5.74, 6) is 0.810. The van der Waals surface area contributed by atoms with E-state index in [0.717, 1.165) is 27.9 Å². The standard InChI is InChI=1S/C16H16BrCl2NO/c1-3-20-16(10-6-11(18)8-12(19)7-10)14-5-4-13(21-2)9-15(14)17/h4-9,16,20H,3H2,1-2H3. The van der Waals surface area contributed by atoms with E-state index >= 15 is 0 Å². The summed E-state index contributed by atoms with van der Waals surface area (Å²) in [6.07, 6.45) is 0. The maximum Gasteiger partial charge on any atom is 0.120 e. The molecule has 0 amide bonds. The highest BCUT2D eigenvalue weighted by molar-refractivity contribution is 9.10. The summed E-state index contributed by atoms with van der Waals surface area (Å²) in [6, 6.07) is 11.5. The predicted molar refractivity (Wildman–Crippen MR) is 92.7 cm³/mol. The second kappa shape index (κ2) is 7.50. The van der Waals surface area contributed by atoms with Gasteiger partial charge in [0.25, 0.3) is 0 Å². The first-order chi connectivity index (χ1) is 10.0. The Morgan fingerprint density at radius 1 is 1.14 bits per heavy atom. The van der Waals surface area contributed by atoms with Crippen molar-refractivity contribution in [3.05, 3.63) is 62.0 Å². The van der Waals surface area contributed by atoms with Gasteiger partial charge in [-0.2, -0.15) is 0 Å². The number of hydrogen-bond donors (Lipinski definition) is 1. The molecule has 0 aromatic heterocycles. The van der Waals surface area contributed by atoms with Crippen molar-refractivity contribution in [1.82, 2.24) is 5.32 Å². The van der Waals surface area contributed by atoms with Crippen LogP contribution in [0.5, 0.6) is 5.75 Å². The SMILES string of the molecule is CCNC(c1cc(Cl)cc(Cl)c1)c1ccc(OC)cc1Br. The number of halogens is 3. The van der Waals surface area contributed by atoms with E-state index in [-0.39, 0.29) is 6.04 Å². The summed E-state index contributed by atoms with van der Waals surface area (Å²) in [5.41, 5.74) is 2.14. The largest absolute Gasteiger partial charge is 0.497 e. The highest BCUT2D eigenvalue weighted by Gasteiger charge is 2.17. The first kappa shape index (κ1) is 16.6. The van der Waals surface area contributed by atoms with Crippen LogP contribution in [0.3, 0.4) is 0 Å². The van der Waals surface area contributed by atoms with Gasteiger partial charge < -0.3 is 10.1 Å². The van der Waals surface area contributed by atoms with Crippen LogP contribution in [0.1, 0.15) is 24.1 Å². The minimum atomic E-state index is 0.00600. The summed E-state index contributed by atoms with van der Waals surface area (Å²) in [5, 5.41) is 4.72. The van der Waals surface area contributed by atoms with Crippen LogP contribution in [0.2, 0.25) is 10.0 Å². The van der Waals surface area contributed by atoms with E-state index in [0.29, 0.717) is 10.0 Å². The van der Waals surface area contributed by atoms with E-state index in [1.54, 1.807) is 13.2 Å². The third-order valence-corrected chi connectivity index (χ3v) is 4.27. The molecule has 5 heteroatoms. The minimum absolute atomic E-state index is 0.00600. The van der Waals surface area contributed by atoms with Crippen molar-refractivity contribution in [3.8, 4) is 5.75 Å². The van der Waals surface area contributed by atoms with Gasteiger partial charge in [0.05, 0.1) is 13.2 Å². The second-order valence-corrected chi connectivity index (χ2v) is 6.31. The summed E-state index contributed by atoms with van der Waals surface area (Å²) < 4.78 is 6.22. The molecule has 2 aromatic rings. The van der Waals surface area contributed by atoms with Gasteiger partial charge in [0.1, 0.15) is 5.75 Å². The topological polar surface area (TPSA) is 21.3 Å². The first-order valence-corrected chi connectivity index (χ1v) is 8.13. The Kier molecular flexibility index (Phi) is 5.94. The van der Waals surface area contributed by atoms with Gasteiger partial charge in [-0.25, -0.2) is 0 Å². The molecule has 0 spiro atoms. The van der Waals surface area contributed by atoms with E-state index in [2.05, 4.69) is 28.2 Å². The third-order valence-electron chi connectivity index (χ3n) is 3.15. The van der Waals surface area contributed by atoms with E-state index in [1.807, 2.05) is 30.3 Å². The molecule has 1 N–H and O–H groups in total. The fourth-order valence-corrected chi connectivity index (χ4v) is 3.35.